The third kappa shape index (κ3) is 2.27. The summed E-state index contributed by atoms with van der Waals surface area (Å²) < 4.78 is 0. The van der Waals surface area contributed by atoms with Crippen LogP contribution in [0.25, 0.3) is 0 Å². The summed E-state index contributed by atoms with van der Waals surface area (Å²) in [5.74, 6) is 1.81. The van der Waals surface area contributed by atoms with Crippen LogP contribution in [0.2, 0.25) is 0 Å². The monoisotopic (exact) mass is 213 g/mol. The molecule has 82 valence electrons. The first kappa shape index (κ1) is 10.8. The van der Waals surface area contributed by atoms with Gasteiger partial charge in [-0.15, -0.1) is 11.8 Å². The van der Waals surface area contributed by atoms with Crippen molar-refractivity contribution < 1.29 is 0 Å². The van der Waals surface area contributed by atoms with E-state index in [0.717, 1.165) is 17.1 Å². The van der Waals surface area contributed by atoms with E-state index in [-0.39, 0.29) is 0 Å². The third-order valence-electron chi connectivity index (χ3n) is 3.59. The van der Waals surface area contributed by atoms with Crippen molar-refractivity contribution in [2.75, 3.05) is 6.54 Å². The van der Waals surface area contributed by atoms with Crippen LogP contribution >= 0.6 is 11.8 Å². The SMILES string of the molecule is CC1CC(C)CC2(C1)NCCC(C)S2. The van der Waals surface area contributed by atoms with Gasteiger partial charge in [-0.3, -0.25) is 0 Å². The van der Waals surface area contributed by atoms with Gasteiger partial charge in [-0.25, -0.2) is 0 Å². The predicted molar refractivity (Wildman–Crippen MR) is 64.6 cm³/mol. The summed E-state index contributed by atoms with van der Waals surface area (Å²) in [5.41, 5.74) is 0. The quantitative estimate of drug-likeness (QED) is 0.663. The summed E-state index contributed by atoms with van der Waals surface area (Å²) in [6.07, 6.45) is 5.53. The molecular weight excluding hydrogens is 190 g/mol. The van der Waals surface area contributed by atoms with Crippen molar-refractivity contribution in [3.8, 4) is 0 Å². The van der Waals surface area contributed by atoms with Gasteiger partial charge in [0.1, 0.15) is 0 Å². The van der Waals surface area contributed by atoms with Crippen molar-refractivity contribution in [1.29, 1.82) is 0 Å². The molecule has 1 saturated heterocycles. The molecule has 0 radical (unpaired) electrons. The zero-order chi connectivity index (χ0) is 10.2. The zero-order valence-electron chi connectivity index (χ0n) is 9.68. The Morgan fingerprint density at radius 1 is 1.14 bits per heavy atom. The fraction of sp³-hybridized carbons (Fsp3) is 1.00. The zero-order valence-corrected chi connectivity index (χ0v) is 10.5. The fourth-order valence-electron chi connectivity index (χ4n) is 3.29. The maximum absolute atomic E-state index is 3.79. The summed E-state index contributed by atoms with van der Waals surface area (Å²) in [7, 11) is 0. The molecule has 1 saturated carbocycles. The van der Waals surface area contributed by atoms with Crippen molar-refractivity contribution in [3.05, 3.63) is 0 Å². The average molecular weight is 213 g/mol. The summed E-state index contributed by atoms with van der Waals surface area (Å²) in [5, 5.41) is 4.64. The van der Waals surface area contributed by atoms with Gasteiger partial charge >= 0.3 is 0 Å². The first-order valence-corrected chi connectivity index (χ1v) is 6.90. The Morgan fingerprint density at radius 2 is 1.79 bits per heavy atom. The van der Waals surface area contributed by atoms with Gasteiger partial charge in [-0.05, 0) is 44.1 Å². The number of rotatable bonds is 0. The van der Waals surface area contributed by atoms with Gasteiger partial charge in [0.05, 0.1) is 4.87 Å². The highest BCUT2D eigenvalue weighted by Crippen LogP contribution is 2.46. The van der Waals surface area contributed by atoms with Crippen LogP contribution in [0.1, 0.15) is 46.5 Å². The molecule has 1 N–H and O–H groups in total. The first-order valence-electron chi connectivity index (χ1n) is 6.02. The minimum atomic E-state index is 0.439. The van der Waals surface area contributed by atoms with Crippen LogP contribution in [0.4, 0.5) is 0 Å². The van der Waals surface area contributed by atoms with Crippen LogP contribution in [0.5, 0.6) is 0 Å². The Labute approximate surface area is 92.4 Å². The maximum Gasteiger partial charge on any atom is 0.0653 e. The van der Waals surface area contributed by atoms with Gasteiger partial charge in [-0.1, -0.05) is 20.8 Å². The molecule has 2 aliphatic rings. The van der Waals surface area contributed by atoms with E-state index in [1.54, 1.807) is 0 Å². The number of hydrogen-bond acceptors (Lipinski definition) is 2. The molecule has 14 heavy (non-hydrogen) atoms. The Kier molecular flexibility index (Phi) is 3.13. The van der Waals surface area contributed by atoms with Crippen molar-refractivity contribution in [2.24, 2.45) is 11.8 Å². The molecule has 0 aromatic rings. The predicted octanol–water partition coefficient (Wildman–Crippen LogP) is 3.25. The minimum Gasteiger partial charge on any atom is -0.303 e. The molecule has 0 aromatic carbocycles. The molecule has 2 heteroatoms. The Morgan fingerprint density at radius 3 is 2.36 bits per heavy atom. The molecule has 0 aromatic heterocycles. The standard InChI is InChI=1S/C12H23NS/c1-9-6-10(2)8-12(7-9)13-5-4-11(3)14-12/h9-11,13H,4-8H2,1-3H3. The van der Waals surface area contributed by atoms with Crippen molar-refractivity contribution in [1.82, 2.24) is 5.32 Å². The third-order valence-corrected chi connectivity index (χ3v) is 5.15. The lowest BCUT2D eigenvalue weighted by Crippen LogP contribution is -2.52. The average Bonchev–Trinajstić information content (AvgIpc) is 1.99. The van der Waals surface area contributed by atoms with Gasteiger partial charge < -0.3 is 5.32 Å². The van der Waals surface area contributed by atoms with Crippen LogP contribution < -0.4 is 5.32 Å². The van der Waals surface area contributed by atoms with Crippen LogP contribution in [0.15, 0.2) is 0 Å². The van der Waals surface area contributed by atoms with Crippen molar-refractivity contribution in [2.45, 2.75) is 56.6 Å². The molecule has 1 aliphatic carbocycles. The molecule has 1 spiro atoms. The van der Waals surface area contributed by atoms with E-state index in [0.29, 0.717) is 4.87 Å². The van der Waals surface area contributed by atoms with Crippen molar-refractivity contribution >= 4 is 11.8 Å². The molecule has 3 atom stereocenters. The summed E-state index contributed by atoms with van der Waals surface area (Å²) in [6.45, 7) is 8.45. The summed E-state index contributed by atoms with van der Waals surface area (Å²) in [4.78, 5) is 0.439. The second-order valence-electron chi connectivity index (χ2n) is 5.49. The highest BCUT2D eigenvalue weighted by molar-refractivity contribution is 8.01. The molecule has 2 rings (SSSR count). The largest absolute Gasteiger partial charge is 0.303 e. The molecule has 0 amide bonds. The smallest absolute Gasteiger partial charge is 0.0653 e. The van der Waals surface area contributed by atoms with Gasteiger partial charge in [0.25, 0.3) is 0 Å². The van der Waals surface area contributed by atoms with Gasteiger partial charge in [-0.2, -0.15) is 0 Å². The maximum atomic E-state index is 3.79. The molecular formula is C12H23NS. The van der Waals surface area contributed by atoms with E-state index in [1.807, 2.05) is 0 Å². The highest BCUT2D eigenvalue weighted by Gasteiger charge is 2.40. The van der Waals surface area contributed by atoms with Gasteiger partial charge in [0.2, 0.25) is 0 Å². The van der Waals surface area contributed by atoms with Gasteiger partial charge in [0.15, 0.2) is 0 Å². The molecule has 0 bridgehead atoms. The van der Waals surface area contributed by atoms with Crippen molar-refractivity contribution in [3.63, 3.8) is 0 Å². The lowest BCUT2D eigenvalue weighted by molar-refractivity contribution is 0.210. The minimum absolute atomic E-state index is 0.439. The normalized spacial score (nSPS) is 49.5. The molecule has 2 fully saturated rings. The number of hydrogen-bond donors (Lipinski definition) is 1. The summed E-state index contributed by atoms with van der Waals surface area (Å²) in [6, 6.07) is 0. The number of nitrogens with one attached hydrogen (secondary N) is 1. The van der Waals surface area contributed by atoms with E-state index in [9.17, 15) is 0 Å². The van der Waals surface area contributed by atoms with E-state index < -0.39 is 0 Å². The van der Waals surface area contributed by atoms with E-state index in [1.165, 1.54) is 32.2 Å². The number of thioether (sulfide) groups is 1. The fourth-order valence-corrected chi connectivity index (χ4v) is 5.24. The van der Waals surface area contributed by atoms with Crippen LogP contribution in [-0.4, -0.2) is 16.7 Å². The summed E-state index contributed by atoms with van der Waals surface area (Å²) >= 11 is 2.21. The molecule has 1 nitrogen and oxygen atoms in total. The Balaban J connectivity index is 2.05. The Bertz CT molecular complexity index is 189. The second-order valence-corrected chi connectivity index (χ2v) is 7.31. The van der Waals surface area contributed by atoms with Crippen LogP contribution in [0, 0.1) is 11.8 Å². The second kappa shape index (κ2) is 4.05. The highest BCUT2D eigenvalue weighted by atomic mass is 32.2. The van der Waals surface area contributed by atoms with E-state index in [4.69, 9.17) is 0 Å². The van der Waals surface area contributed by atoms with Crippen LogP contribution in [-0.2, 0) is 0 Å². The molecule has 3 unspecified atom stereocenters. The molecule has 1 heterocycles. The van der Waals surface area contributed by atoms with E-state index >= 15 is 0 Å². The van der Waals surface area contributed by atoms with E-state index in [2.05, 4.69) is 37.8 Å². The molecule has 1 aliphatic heterocycles. The lowest BCUT2D eigenvalue weighted by atomic mass is 9.80. The van der Waals surface area contributed by atoms with Gasteiger partial charge in [0, 0.05) is 5.25 Å². The lowest BCUT2D eigenvalue weighted by Gasteiger charge is -2.47. The first-order chi connectivity index (χ1) is 6.60. The topological polar surface area (TPSA) is 12.0 Å². The van der Waals surface area contributed by atoms with Crippen LogP contribution in [0.3, 0.4) is 0 Å². The Hall–Kier alpha value is 0.310.